The van der Waals surface area contributed by atoms with Gasteiger partial charge < -0.3 is 0 Å². The normalized spacial score (nSPS) is 12.1. The van der Waals surface area contributed by atoms with Gasteiger partial charge in [-0.3, -0.25) is 0 Å². The predicted octanol–water partition coefficient (Wildman–Crippen LogP) is 1.55. The van der Waals surface area contributed by atoms with Gasteiger partial charge in [-0.2, -0.15) is 0 Å². The number of alkyl halides is 2. The topological polar surface area (TPSA) is 60.2 Å². The predicted molar refractivity (Wildman–Crippen MR) is 42.7 cm³/mol. The van der Waals surface area contributed by atoms with E-state index < -0.39 is 38.5 Å². The summed E-state index contributed by atoms with van der Waals surface area (Å²) in [4.78, 5) is -1.15. The summed E-state index contributed by atoms with van der Waals surface area (Å²) >= 11 is 0. The first kappa shape index (κ1) is 11.9. The van der Waals surface area contributed by atoms with E-state index in [4.69, 9.17) is 0 Å². The maximum Gasteiger partial charge on any atom is 0.266 e. The molecule has 0 saturated carbocycles. The molecular weight excluding hydrogens is 238 g/mol. The molecule has 8 heteroatoms. The van der Waals surface area contributed by atoms with E-state index in [1.807, 2.05) is 0 Å². The first-order chi connectivity index (χ1) is 6.73. The molecule has 0 unspecified atom stereocenters. The number of halogens is 4. The Morgan fingerprint density at radius 2 is 1.67 bits per heavy atom. The minimum absolute atomic E-state index is 0.111. The van der Waals surface area contributed by atoms with Gasteiger partial charge in [-0.25, -0.2) is 31.1 Å². The van der Waals surface area contributed by atoms with Crippen LogP contribution in [0.15, 0.2) is 17.0 Å². The van der Waals surface area contributed by atoms with Gasteiger partial charge in [0.05, 0.1) is 5.56 Å². The van der Waals surface area contributed by atoms with Crippen LogP contribution in [-0.4, -0.2) is 8.42 Å². The summed E-state index contributed by atoms with van der Waals surface area (Å²) in [6, 6.07) is 0.242. The first-order valence-electron chi connectivity index (χ1n) is 3.53. The van der Waals surface area contributed by atoms with Crippen molar-refractivity contribution in [2.75, 3.05) is 0 Å². The van der Waals surface area contributed by atoms with Crippen LogP contribution in [0.3, 0.4) is 0 Å². The van der Waals surface area contributed by atoms with Crippen molar-refractivity contribution in [2.24, 2.45) is 5.14 Å². The fraction of sp³-hybridized carbons (Fsp3) is 0.143. The molecule has 0 aromatic heterocycles. The van der Waals surface area contributed by atoms with E-state index in [0.29, 0.717) is 0 Å². The van der Waals surface area contributed by atoms with Gasteiger partial charge in [-0.1, -0.05) is 0 Å². The molecule has 0 aliphatic rings. The van der Waals surface area contributed by atoms with Crippen molar-refractivity contribution in [1.29, 1.82) is 0 Å². The van der Waals surface area contributed by atoms with E-state index in [9.17, 15) is 26.0 Å². The number of rotatable bonds is 2. The van der Waals surface area contributed by atoms with Crippen LogP contribution >= 0.6 is 0 Å². The number of benzene rings is 1. The SMILES string of the molecule is NS(=O)(=O)c1cc(F)c(C(F)F)cc1F. The van der Waals surface area contributed by atoms with Crippen molar-refractivity contribution in [3.63, 3.8) is 0 Å². The Balaban J connectivity index is 3.46. The van der Waals surface area contributed by atoms with Crippen molar-refractivity contribution < 1.29 is 26.0 Å². The molecule has 1 aromatic carbocycles. The maximum atomic E-state index is 12.9. The first-order valence-corrected chi connectivity index (χ1v) is 5.08. The fourth-order valence-corrected chi connectivity index (χ4v) is 1.53. The summed E-state index contributed by atoms with van der Waals surface area (Å²) in [5, 5.41) is 4.53. The fourth-order valence-electron chi connectivity index (χ4n) is 0.929. The summed E-state index contributed by atoms with van der Waals surface area (Å²) in [5.41, 5.74) is -1.21. The van der Waals surface area contributed by atoms with E-state index in [-0.39, 0.29) is 12.1 Å². The number of hydrogen-bond donors (Lipinski definition) is 1. The quantitative estimate of drug-likeness (QED) is 0.801. The van der Waals surface area contributed by atoms with Gasteiger partial charge in [-0.05, 0) is 12.1 Å². The van der Waals surface area contributed by atoms with Crippen molar-refractivity contribution in [3.05, 3.63) is 29.3 Å². The monoisotopic (exact) mass is 243 g/mol. The molecule has 0 spiro atoms. The molecule has 0 atom stereocenters. The number of hydrogen-bond acceptors (Lipinski definition) is 2. The largest absolute Gasteiger partial charge is 0.266 e. The van der Waals surface area contributed by atoms with Crippen LogP contribution in [0.25, 0.3) is 0 Å². The Bertz CT molecular complexity index is 486. The van der Waals surface area contributed by atoms with Crippen molar-refractivity contribution in [3.8, 4) is 0 Å². The minimum Gasteiger partial charge on any atom is -0.225 e. The highest BCUT2D eigenvalue weighted by atomic mass is 32.2. The zero-order valence-electron chi connectivity index (χ0n) is 7.05. The number of sulfonamides is 1. The molecule has 0 bridgehead atoms. The Hall–Kier alpha value is -1.15. The summed E-state index contributed by atoms with van der Waals surface area (Å²) < 4.78 is 71.2. The molecule has 15 heavy (non-hydrogen) atoms. The van der Waals surface area contributed by atoms with E-state index in [2.05, 4.69) is 5.14 Å². The maximum absolute atomic E-state index is 12.9. The molecule has 3 nitrogen and oxygen atoms in total. The third-order valence-corrected chi connectivity index (χ3v) is 2.52. The van der Waals surface area contributed by atoms with Crippen LogP contribution in [-0.2, 0) is 10.0 Å². The van der Waals surface area contributed by atoms with Crippen LogP contribution in [0.2, 0.25) is 0 Å². The lowest BCUT2D eigenvalue weighted by atomic mass is 10.2. The minimum atomic E-state index is -4.46. The van der Waals surface area contributed by atoms with Crippen LogP contribution in [0, 0.1) is 11.6 Å². The summed E-state index contributed by atoms with van der Waals surface area (Å²) in [5.74, 6) is -3.02. The molecule has 0 radical (unpaired) electrons. The lowest BCUT2D eigenvalue weighted by molar-refractivity contribution is 0.145. The summed E-state index contributed by atoms with van der Waals surface area (Å²) in [6.07, 6.45) is -3.23. The number of nitrogens with two attached hydrogens (primary N) is 1. The lowest BCUT2D eigenvalue weighted by Gasteiger charge is -2.05. The van der Waals surface area contributed by atoms with Gasteiger partial charge in [0.15, 0.2) is 0 Å². The highest BCUT2D eigenvalue weighted by Crippen LogP contribution is 2.26. The highest BCUT2D eigenvalue weighted by molar-refractivity contribution is 7.89. The van der Waals surface area contributed by atoms with Crippen molar-refractivity contribution >= 4 is 10.0 Å². The average molecular weight is 243 g/mol. The van der Waals surface area contributed by atoms with Crippen molar-refractivity contribution in [2.45, 2.75) is 11.3 Å². The zero-order chi connectivity index (χ0) is 11.8. The van der Waals surface area contributed by atoms with E-state index in [1.165, 1.54) is 0 Å². The molecule has 0 saturated heterocycles. The van der Waals surface area contributed by atoms with Gasteiger partial charge >= 0.3 is 0 Å². The lowest BCUT2D eigenvalue weighted by Crippen LogP contribution is -2.15. The molecule has 2 N–H and O–H groups in total. The number of primary sulfonamides is 1. The van der Waals surface area contributed by atoms with Crippen molar-refractivity contribution in [1.82, 2.24) is 0 Å². The molecule has 0 aliphatic heterocycles. The molecule has 84 valence electrons. The Morgan fingerprint density at radius 1 is 1.13 bits per heavy atom. The molecule has 0 heterocycles. The molecule has 0 aliphatic carbocycles. The Labute approximate surface area is 82.6 Å². The van der Waals surface area contributed by atoms with Gasteiger partial charge in [0.2, 0.25) is 10.0 Å². The second-order valence-electron chi connectivity index (χ2n) is 2.65. The summed E-state index contributed by atoms with van der Waals surface area (Å²) in [6.45, 7) is 0. The van der Waals surface area contributed by atoms with Gasteiger partial charge in [0.25, 0.3) is 6.43 Å². The van der Waals surface area contributed by atoms with Gasteiger partial charge in [-0.15, -0.1) is 0 Å². The second kappa shape index (κ2) is 3.78. The molecule has 1 rings (SSSR count). The third-order valence-electron chi connectivity index (χ3n) is 1.59. The zero-order valence-corrected chi connectivity index (χ0v) is 7.86. The van der Waals surface area contributed by atoms with Gasteiger partial charge in [0.1, 0.15) is 16.5 Å². The second-order valence-corrected chi connectivity index (χ2v) is 4.18. The van der Waals surface area contributed by atoms with E-state index in [1.54, 1.807) is 0 Å². The molecule has 1 aromatic rings. The molecule has 0 fully saturated rings. The Morgan fingerprint density at radius 3 is 2.07 bits per heavy atom. The Kier molecular flexibility index (Phi) is 3.00. The van der Waals surface area contributed by atoms with Crippen LogP contribution < -0.4 is 5.14 Å². The average Bonchev–Trinajstić information content (AvgIpc) is 2.06. The molecule has 0 amide bonds. The highest BCUT2D eigenvalue weighted by Gasteiger charge is 2.21. The van der Waals surface area contributed by atoms with Gasteiger partial charge in [0, 0.05) is 0 Å². The molecular formula is C7H5F4NO2S. The summed E-state index contributed by atoms with van der Waals surface area (Å²) in [7, 11) is -4.46. The van der Waals surface area contributed by atoms with E-state index >= 15 is 0 Å². The third kappa shape index (κ3) is 2.45. The van der Waals surface area contributed by atoms with E-state index in [0.717, 1.165) is 0 Å². The standard InChI is InChI=1S/C7H5F4NO2S/c8-4-2-6(15(12,13)14)5(9)1-3(4)7(10)11/h1-2,7H,(H2,12,13,14). The smallest absolute Gasteiger partial charge is 0.225 e. The van der Waals surface area contributed by atoms with Crippen LogP contribution in [0.5, 0.6) is 0 Å². The van der Waals surface area contributed by atoms with Crippen LogP contribution in [0.1, 0.15) is 12.0 Å². The van der Waals surface area contributed by atoms with Crippen LogP contribution in [0.4, 0.5) is 17.6 Å².